The number of hydrogen-bond acceptors (Lipinski definition) is 5. The van der Waals surface area contributed by atoms with Gasteiger partial charge in [-0.15, -0.1) is 0 Å². The number of nitrogens with zero attached hydrogens (tertiary/aromatic N) is 2. The zero-order valence-corrected chi connectivity index (χ0v) is 12.3. The zero-order valence-electron chi connectivity index (χ0n) is 10.7. The number of rotatable bonds is 3. The number of pyridine rings is 1. The van der Waals surface area contributed by atoms with E-state index >= 15 is 0 Å². The molecule has 1 aromatic heterocycles. The van der Waals surface area contributed by atoms with Crippen molar-refractivity contribution in [2.75, 3.05) is 18.1 Å². The number of para-hydroxylation sites is 1. The molecule has 4 nitrogen and oxygen atoms in total. The molecule has 0 radical (unpaired) electrons. The van der Waals surface area contributed by atoms with Crippen LogP contribution in [0, 0.1) is 0 Å². The first-order chi connectivity index (χ1) is 9.81. The highest BCUT2D eigenvalue weighted by molar-refractivity contribution is 8.14. The monoisotopic (exact) mass is 303 g/mol. The van der Waals surface area contributed by atoms with Crippen LogP contribution in [-0.2, 0) is 4.79 Å². The Morgan fingerprint density at radius 3 is 3.05 bits per heavy atom. The van der Waals surface area contributed by atoms with Crippen LogP contribution in [0.3, 0.4) is 0 Å². The summed E-state index contributed by atoms with van der Waals surface area (Å²) in [5.41, 5.74) is 0.952. The predicted octanol–water partition coefficient (Wildman–Crippen LogP) is 2.55. The minimum atomic E-state index is -0.0295. The predicted molar refractivity (Wildman–Crippen MR) is 85.4 cm³/mol. The van der Waals surface area contributed by atoms with E-state index in [0.29, 0.717) is 5.75 Å². The Labute approximate surface area is 125 Å². The molecular formula is C14H13N3OS2. The maximum atomic E-state index is 11.8. The number of aromatic nitrogens is 1. The summed E-state index contributed by atoms with van der Waals surface area (Å²) in [5, 5.41) is 5.52. The molecule has 0 fully saturated rings. The number of amides is 1. The third-order valence-corrected chi connectivity index (χ3v) is 4.58. The summed E-state index contributed by atoms with van der Waals surface area (Å²) in [4.78, 5) is 20.5. The molecule has 0 bridgehead atoms. The highest BCUT2D eigenvalue weighted by Gasteiger charge is 2.11. The Morgan fingerprint density at radius 1 is 1.30 bits per heavy atom. The average Bonchev–Trinajstić information content (AvgIpc) is 2.98. The van der Waals surface area contributed by atoms with Crippen LogP contribution in [-0.4, -0.2) is 34.1 Å². The van der Waals surface area contributed by atoms with E-state index in [0.717, 1.165) is 33.4 Å². The molecule has 1 aliphatic rings. The summed E-state index contributed by atoms with van der Waals surface area (Å²) >= 11 is 3.03. The van der Waals surface area contributed by atoms with Gasteiger partial charge in [0.15, 0.2) is 5.17 Å². The third kappa shape index (κ3) is 3.32. The van der Waals surface area contributed by atoms with Gasteiger partial charge in [-0.2, -0.15) is 0 Å². The van der Waals surface area contributed by atoms with Crippen molar-refractivity contribution in [2.24, 2.45) is 4.99 Å². The number of nitrogens with one attached hydrogen (secondary N) is 1. The summed E-state index contributed by atoms with van der Waals surface area (Å²) in [6.07, 6.45) is 0. The molecule has 0 unspecified atom stereocenters. The van der Waals surface area contributed by atoms with Crippen molar-refractivity contribution >= 4 is 45.5 Å². The number of fused-ring (bicyclic) bond motifs is 1. The van der Waals surface area contributed by atoms with E-state index < -0.39 is 0 Å². The number of carbonyl (C=O) groups is 1. The molecule has 20 heavy (non-hydrogen) atoms. The first-order valence-corrected chi connectivity index (χ1v) is 8.24. The van der Waals surface area contributed by atoms with Crippen LogP contribution in [0.15, 0.2) is 46.4 Å². The molecule has 3 rings (SSSR count). The lowest BCUT2D eigenvalue weighted by atomic mass is 10.2. The van der Waals surface area contributed by atoms with E-state index in [1.165, 1.54) is 11.8 Å². The Hall–Kier alpha value is -1.53. The van der Waals surface area contributed by atoms with Crippen LogP contribution in [0.2, 0.25) is 0 Å². The van der Waals surface area contributed by atoms with Crippen molar-refractivity contribution in [3.63, 3.8) is 0 Å². The largest absolute Gasteiger partial charge is 0.305 e. The molecule has 6 heteroatoms. The van der Waals surface area contributed by atoms with E-state index in [4.69, 9.17) is 0 Å². The summed E-state index contributed by atoms with van der Waals surface area (Å²) in [6.45, 7) is 0.791. The van der Waals surface area contributed by atoms with Crippen LogP contribution in [0.1, 0.15) is 0 Å². The van der Waals surface area contributed by atoms with E-state index in [-0.39, 0.29) is 5.91 Å². The van der Waals surface area contributed by atoms with E-state index in [2.05, 4.69) is 15.3 Å². The molecule has 0 aliphatic carbocycles. The molecule has 0 saturated heterocycles. The number of benzene rings is 1. The first-order valence-electron chi connectivity index (χ1n) is 6.27. The van der Waals surface area contributed by atoms with Gasteiger partial charge in [0.25, 0.3) is 0 Å². The summed E-state index contributed by atoms with van der Waals surface area (Å²) in [5.74, 6) is 1.28. The number of amidine groups is 1. The van der Waals surface area contributed by atoms with Crippen molar-refractivity contribution in [3.05, 3.63) is 36.4 Å². The van der Waals surface area contributed by atoms with Crippen LogP contribution >= 0.6 is 23.5 Å². The van der Waals surface area contributed by atoms with Crippen LogP contribution in [0.5, 0.6) is 0 Å². The van der Waals surface area contributed by atoms with Gasteiger partial charge in [-0.25, -0.2) is 4.98 Å². The lowest BCUT2D eigenvalue weighted by Crippen LogP contribution is -2.28. The molecule has 1 aliphatic heterocycles. The normalized spacial score (nSPS) is 14.3. The zero-order chi connectivity index (χ0) is 13.8. The number of aliphatic imine (C=N–C) groups is 1. The van der Waals surface area contributed by atoms with Crippen LogP contribution in [0.25, 0.3) is 10.9 Å². The highest BCUT2D eigenvalue weighted by atomic mass is 32.2. The number of thioether (sulfide) groups is 2. The van der Waals surface area contributed by atoms with Gasteiger partial charge in [-0.1, -0.05) is 47.8 Å². The van der Waals surface area contributed by atoms with Crippen LogP contribution < -0.4 is 5.32 Å². The van der Waals surface area contributed by atoms with E-state index in [1.807, 2.05) is 36.4 Å². The van der Waals surface area contributed by atoms with Crippen molar-refractivity contribution in [1.82, 2.24) is 10.3 Å². The second kappa shape index (κ2) is 6.28. The van der Waals surface area contributed by atoms with Crippen molar-refractivity contribution < 1.29 is 4.79 Å². The standard InChI is InChI=1S/C14H13N3OS2/c18-12(17-14-15-7-8-19-14)9-20-13-6-5-10-3-1-2-4-11(10)16-13/h1-6H,7-9H2,(H,15,17,18). The Morgan fingerprint density at radius 2 is 2.20 bits per heavy atom. The Kier molecular flexibility index (Phi) is 4.22. The number of hydrogen-bond donors (Lipinski definition) is 1. The first kappa shape index (κ1) is 13.5. The molecule has 2 aromatic rings. The maximum absolute atomic E-state index is 11.8. The van der Waals surface area contributed by atoms with Crippen LogP contribution in [0.4, 0.5) is 0 Å². The van der Waals surface area contributed by atoms with Crippen molar-refractivity contribution in [2.45, 2.75) is 5.03 Å². The Balaban J connectivity index is 1.60. The van der Waals surface area contributed by atoms with Crippen molar-refractivity contribution in [1.29, 1.82) is 0 Å². The van der Waals surface area contributed by atoms with Gasteiger partial charge in [0.05, 0.1) is 22.8 Å². The molecule has 0 saturated carbocycles. The van der Waals surface area contributed by atoms with Gasteiger partial charge < -0.3 is 5.32 Å². The highest BCUT2D eigenvalue weighted by Crippen LogP contribution is 2.19. The molecule has 1 aromatic carbocycles. The maximum Gasteiger partial charge on any atom is 0.236 e. The lowest BCUT2D eigenvalue weighted by Gasteiger charge is -2.04. The van der Waals surface area contributed by atoms with Gasteiger partial charge >= 0.3 is 0 Å². The summed E-state index contributed by atoms with van der Waals surface area (Å²) in [7, 11) is 0. The third-order valence-electron chi connectivity index (χ3n) is 2.76. The fourth-order valence-corrected chi connectivity index (χ4v) is 3.26. The fourth-order valence-electron chi connectivity index (χ4n) is 1.83. The summed E-state index contributed by atoms with van der Waals surface area (Å²) in [6, 6.07) is 11.9. The average molecular weight is 303 g/mol. The molecule has 0 atom stereocenters. The van der Waals surface area contributed by atoms with Gasteiger partial charge in [-0.3, -0.25) is 9.79 Å². The molecule has 0 spiro atoms. The van der Waals surface area contributed by atoms with Crippen molar-refractivity contribution in [3.8, 4) is 0 Å². The fraction of sp³-hybridized carbons (Fsp3) is 0.214. The molecule has 1 N–H and O–H groups in total. The van der Waals surface area contributed by atoms with Gasteiger partial charge in [-0.05, 0) is 12.1 Å². The molecule has 102 valence electrons. The lowest BCUT2D eigenvalue weighted by molar-refractivity contribution is -0.117. The smallest absolute Gasteiger partial charge is 0.236 e. The SMILES string of the molecule is O=C(CSc1ccc2ccccc2n1)NC1=NCCS1. The Bertz CT molecular complexity index is 672. The topological polar surface area (TPSA) is 54.4 Å². The minimum Gasteiger partial charge on any atom is -0.305 e. The van der Waals surface area contributed by atoms with E-state index in [1.54, 1.807) is 11.8 Å². The molecular weight excluding hydrogens is 290 g/mol. The quantitative estimate of drug-likeness (QED) is 0.885. The second-order valence-corrected chi connectivity index (χ2v) is 6.29. The number of carbonyl (C=O) groups excluding carboxylic acids is 1. The van der Waals surface area contributed by atoms with Gasteiger partial charge in [0.1, 0.15) is 0 Å². The van der Waals surface area contributed by atoms with Gasteiger partial charge in [0, 0.05) is 11.1 Å². The van der Waals surface area contributed by atoms with Gasteiger partial charge in [0.2, 0.25) is 5.91 Å². The second-order valence-electron chi connectivity index (χ2n) is 4.21. The molecule has 2 heterocycles. The minimum absolute atomic E-state index is 0.0295. The summed E-state index contributed by atoms with van der Waals surface area (Å²) < 4.78 is 0. The molecule has 1 amide bonds. The van der Waals surface area contributed by atoms with E-state index in [9.17, 15) is 4.79 Å².